The van der Waals surface area contributed by atoms with E-state index in [1.165, 1.54) is 25.9 Å². The maximum absolute atomic E-state index is 12.4. The fourth-order valence-electron chi connectivity index (χ4n) is 3.00. The summed E-state index contributed by atoms with van der Waals surface area (Å²) in [6, 6.07) is 6.48. The average molecular weight is 375 g/mol. The molecule has 27 heavy (non-hydrogen) atoms. The summed E-state index contributed by atoms with van der Waals surface area (Å²) < 4.78 is 4.66. The van der Waals surface area contributed by atoms with Gasteiger partial charge in [-0.15, -0.1) is 0 Å². The molecule has 1 heterocycles. The van der Waals surface area contributed by atoms with Crippen LogP contribution in [0, 0.1) is 0 Å². The van der Waals surface area contributed by atoms with Crippen molar-refractivity contribution in [3.63, 3.8) is 0 Å². The number of rotatable bonds is 5. The Morgan fingerprint density at radius 2 is 1.52 bits per heavy atom. The highest BCUT2D eigenvalue weighted by molar-refractivity contribution is 5.94. The van der Waals surface area contributed by atoms with Crippen molar-refractivity contribution in [2.24, 2.45) is 0 Å². The second kappa shape index (κ2) is 9.16. The number of amides is 3. The number of carbonyl (C=O) groups excluding carboxylic acids is 4. The van der Waals surface area contributed by atoms with Gasteiger partial charge in [-0.1, -0.05) is 0 Å². The highest BCUT2D eigenvalue weighted by Gasteiger charge is 2.23. The van der Waals surface area contributed by atoms with Crippen LogP contribution in [0.15, 0.2) is 24.3 Å². The van der Waals surface area contributed by atoms with Crippen LogP contribution in [0.1, 0.15) is 30.6 Å². The first kappa shape index (κ1) is 20.4. The molecule has 1 aliphatic heterocycles. The third kappa shape index (κ3) is 5.29. The standard InChI is InChI=1S/C19H25N3O5/c1-14(23)20-10-12-21(13-11-20)18(25)8-9-22(15(2)24)17-6-4-16(5-7-17)19(26)27-3/h4-7H,8-13H2,1-3H3. The molecule has 0 radical (unpaired) electrons. The smallest absolute Gasteiger partial charge is 0.337 e. The van der Waals surface area contributed by atoms with E-state index in [0.29, 0.717) is 37.4 Å². The van der Waals surface area contributed by atoms with Crippen molar-refractivity contribution in [1.29, 1.82) is 0 Å². The fourth-order valence-corrected chi connectivity index (χ4v) is 3.00. The first-order chi connectivity index (χ1) is 12.8. The molecule has 1 saturated heterocycles. The van der Waals surface area contributed by atoms with Gasteiger partial charge in [-0.2, -0.15) is 0 Å². The van der Waals surface area contributed by atoms with Gasteiger partial charge >= 0.3 is 5.97 Å². The van der Waals surface area contributed by atoms with E-state index in [9.17, 15) is 19.2 Å². The number of anilines is 1. The summed E-state index contributed by atoms with van der Waals surface area (Å²) in [5, 5.41) is 0. The number of esters is 1. The van der Waals surface area contributed by atoms with Crippen LogP contribution in [-0.2, 0) is 19.1 Å². The van der Waals surface area contributed by atoms with E-state index >= 15 is 0 Å². The van der Waals surface area contributed by atoms with Crippen molar-refractivity contribution in [2.75, 3.05) is 44.7 Å². The molecule has 8 heteroatoms. The van der Waals surface area contributed by atoms with Crippen LogP contribution in [0.4, 0.5) is 5.69 Å². The number of piperazine rings is 1. The van der Waals surface area contributed by atoms with Gasteiger partial charge in [0.15, 0.2) is 0 Å². The van der Waals surface area contributed by atoms with Crippen molar-refractivity contribution in [2.45, 2.75) is 20.3 Å². The zero-order valence-electron chi connectivity index (χ0n) is 15.9. The van der Waals surface area contributed by atoms with Crippen molar-refractivity contribution in [3.8, 4) is 0 Å². The van der Waals surface area contributed by atoms with Crippen molar-refractivity contribution < 1.29 is 23.9 Å². The van der Waals surface area contributed by atoms with Gasteiger partial charge in [0, 0.05) is 58.7 Å². The predicted molar refractivity (Wildman–Crippen MR) is 99.3 cm³/mol. The first-order valence-electron chi connectivity index (χ1n) is 8.83. The summed E-state index contributed by atoms with van der Waals surface area (Å²) in [4.78, 5) is 52.2. The molecule has 1 aromatic carbocycles. The van der Waals surface area contributed by atoms with E-state index in [2.05, 4.69) is 4.74 Å². The Balaban J connectivity index is 1.95. The summed E-state index contributed by atoms with van der Waals surface area (Å²) in [5.41, 5.74) is 1.01. The number of carbonyl (C=O) groups is 4. The monoisotopic (exact) mass is 375 g/mol. The minimum Gasteiger partial charge on any atom is -0.465 e. The lowest BCUT2D eigenvalue weighted by atomic mass is 10.2. The van der Waals surface area contributed by atoms with E-state index in [1.54, 1.807) is 34.1 Å². The highest BCUT2D eigenvalue weighted by Crippen LogP contribution is 2.17. The molecule has 8 nitrogen and oxygen atoms in total. The third-order valence-electron chi connectivity index (χ3n) is 4.61. The molecular formula is C19H25N3O5. The van der Waals surface area contributed by atoms with Crippen LogP contribution in [0.5, 0.6) is 0 Å². The predicted octanol–water partition coefficient (Wildman–Crippen LogP) is 0.907. The van der Waals surface area contributed by atoms with Crippen molar-refractivity contribution in [3.05, 3.63) is 29.8 Å². The van der Waals surface area contributed by atoms with Gasteiger partial charge in [0.2, 0.25) is 17.7 Å². The van der Waals surface area contributed by atoms with Crippen LogP contribution < -0.4 is 4.90 Å². The lowest BCUT2D eigenvalue weighted by molar-refractivity contribution is -0.138. The highest BCUT2D eigenvalue weighted by atomic mass is 16.5. The fraction of sp³-hybridized carbons (Fsp3) is 0.474. The summed E-state index contributed by atoms with van der Waals surface area (Å²) in [5.74, 6) is -0.665. The number of nitrogens with zero attached hydrogens (tertiary/aromatic N) is 3. The molecular weight excluding hydrogens is 350 g/mol. The zero-order chi connectivity index (χ0) is 20.0. The number of methoxy groups -OCH3 is 1. The Bertz CT molecular complexity index is 709. The zero-order valence-corrected chi connectivity index (χ0v) is 15.9. The minimum atomic E-state index is -0.448. The van der Waals surface area contributed by atoms with Crippen LogP contribution in [0.2, 0.25) is 0 Å². The van der Waals surface area contributed by atoms with Gasteiger partial charge in [-0.3, -0.25) is 14.4 Å². The van der Waals surface area contributed by atoms with Gasteiger partial charge < -0.3 is 19.4 Å². The van der Waals surface area contributed by atoms with Gasteiger partial charge in [-0.25, -0.2) is 4.79 Å². The summed E-state index contributed by atoms with van der Waals surface area (Å²) in [7, 11) is 1.31. The van der Waals surface area contributed by atoms with Crippen LogP contribution in [-0.4, -0.2) is 73.3 Å². The largest absolute Gasteiger partial charge is 0.465 e. The van der Waals surface area contributed by atoms with Crippen molar-refractivity contribution in [1.82, 2.24) is 9.80 Å². The Morgan fingerprint density at radius 1 is 0.963 bits per heavy atom. The summed E-state index contributed by atoms with van der Waals surface area (Å²) in [6.07, 6.45) is 0.193. The molecule has 0 spiro atoms. The molecule has 1 fully saturated rings. The number of hydrogen-bond acceptors (Lipinski definition) is 5. The molecule has 1 aliphatic rings. The third-order valence-corrected chi connectivity index (χ3v) is 4.61. The quantitative estimate of drug-likeness (QED) is 0.714. The normalized spacial score (nSPS) is 13.9. The van der Waals surface area contributed by atoms with E-state index in [0.717, 1.165) is 0 Å². The van der Waals surface area contributed by atoms with E-state index < -0.39 is 5.97 Å². The second-order valence-corrected chi connectivity index (χ2v) is 6.35. The molecule has 0 aromatic heterocycles. The maximum Gasteiger partial charge on any atom is 0.337 e. The Kier molecular flexibility index (Phi) is 6.92. The average Bonchev–Trinajstić information content (AvgIpc) is 2.67. The number of hydrogen-bond donors (Lipinski definition) is 0. The summed E-state index contributed by atoms with van der Waals surface area (Å²) in [6.45, 7) is 5.29. The topological polar surface area (TPSA) is 87.2 Å². The second-order valence-electron chi connectivity index (χ2n) is 6.35. The minimum absolute atomic E-state index is 0.0141. The Morgan fingerprint density at radius 3 is 2.00 bits per heavy atom. The van der Waals surface area contributed by atoms with Gasteiger partial charge in [0.25, 0.3) is 0 Å². The molecule has 0 saturated carbocycles. The van der Waals surface area contributed by atoms with E-state index in [4.69, 9.17) is 0 Å². The van der Waals surface area contributed by atoms with E-state index in [1.807, 2.05) is 0 Å². The molecule has 3 amide bonds. The molecule has 0 N–H and O–H groups in total. The maximum atomic E-state index is 12.4. The molecule has 146 valence electrons. The van der Waals surface area contributed by atoms with E-state index in [-0.39, 0.29) is 30.7 Å². The molecule has 2 rings (SSSR count). The molecule has 1 aromatic rings. The van der Waals surface area contributed by atoms with Crippen LogP contribution in [0.25, 0.3) is 0 Å². The SMILES string of the molecule is COC(=O)c1ccc(N(CCC(=O)N2CCN(C(C)=O)CC2)C(C)=O)cc1. The van der Waals surface area contributed by atoms with Crippen molar-refractivity contribution >= 4 is 29.4 Å². The lowest BCUT2D eigenvalue weighted by Gasteiger charge is -2.34. The first-order valence-corrected chi connectivity index (χ1v) is 8.83. The molecule has 0 bridgehead atoms. The van der Waals surface area contributed by atoms with Gasteiger partial charge in [0.05, 0.1) is 12.7 Å². The number of benzene rings is 1. The summed E-state index contributed by atoms with van der Waals surface area (Å²) >= 11 is 0. The van der Waals surface area contributed by atoms with Gasteiger partial charge in [-0.05, 0) is 24.3 Å². The van der Waals surface area contributed by atoms with Gasteiger partial charge in [0.1, 0.15) is 0 Å². The van der Waals surface area contributed by atoms with Crippen LogP contribution in [0.3, 0.4) is 0 Å². The molecule has 0 unspecified atom stereocenters. The Hall–Kier alpha value is -2.90. The molecule has 0 atom stereocenters. The number of ether oxygens (including phenoxy) is 1. The van der Waals surface area contributed by atoms with Crippen LogP contribution >= 0.6 is 0 Å². The lowest BCUT2D eigenvalue weighted by Crippen LogP contribution is -2.50. The Labute approximate surface area is 158 Å². The molecule has 0 aliphatic carbocycles.